The van der Waals surface area contributed by atoms with E-state index in [1.165, 1.54) is 6.42 Å². The number of aliphatic imine (C=N–C) groups is 1. The van der Waals surface area contributed by atoms with Gasteiger partial charge in [-0.1, -0.05) is 19.3 Å². The molecule has 0 saturated heterocycles. The molecular formula is C14H21NO3. The molecule has 0 spiro atoms. The zero-order valence-corrected chi connectivity index (χ0v) is 10.8. The quantitative estimate of drug-likeness (QED) is 0.438. The third-order valence-electron chi connectivity index (χ3n) is 4.11. The SMILES string of the molecule is O=C=N[C@H](C(=O)OC1CCCC1)C1CCCCC1. The van der Waals surface area contributed by atoms with Crippen molar-refractivity contribution >= 4 is 12.0 Å². The zero-order chi connectivity index (χ0) is 12.8. The molecule has 2 saturated carbocycles. The lowest BCUT2D eigenvalue weighted by atomic mass is 9.84. The van der Waals surface area contributed by atoms with Gasteiger partial charge >= 0.3 is 5.97 Å². The number of esters is 1. The fourth-order valence-electron chi connectivity index (χ4n) is 3.10. The van der Waals surface area contributed by atoms with Gasteiger partial charge in [0, 0.05) is 0 Å². The normalized spacial score (nSPS) is 23.3. The lowest BCUT2D eigenvalue weighted by Crippen LogP contribution is -2.33. The minimum absolute atomic E-state index is 0.0467. The van der Waals surface area contributed by atoms with Crippen molar-refractivity contribution in [2.45, 2.75) is 69.9 Å². The lowest BCUT2D eigenvalue weighted by molar-refractivity contribution is -0.152. The molecule has 0 amide bonds. The molecule has 0 unspecified atom stereocenters. The number of ether oxygens (including phenoxy) is 1. The molecule has 2 aliphatic carbocycles. The highest BCUT2D eigenvalue weighted by Crippen LogP contribution is 2.30. The summed E-state index contributed by atoms with van der Waals surface area (Å²) < 4.78 is 5.47. The number of hydrogen-bond donors (Lipinski definition) is 0. The molecule has 1 atom stereocenters. The fraction of sp³-hybridized carbons (Fsp3) is 0.857. The minimum Gasteiger partial charge on any atom is -0.461 e. The van der Waals surface area contributed by atoms with Crippen LogP contribution in [-0.4, -0.2) is 24.2 Å². The van der Waals surface area contributed by atoms with Gasteiger partial charge in [0.25, 0.3) is 0 Å². The van der Waals surface area contributed by atoms with Crippen LogP contribution in [0.15, 0.2) is 4.99 Å². The van der Waals surface area contributed by atoms with Crippen LogP contribution >= 0.6 is 0 Å². The van der Waals surface area contributed by atoms with E-state index in [4.69, 9.17) is 4.74 Å². The molecular weight excluding hydrogens is 230 g/mol. The van der Waals surface area contributed by atoms with Gasteiger partial charge in [0.15, 0.2) is 6.04 Å². The smallest absolute Gasteiger partial charge is 0.332 e. The number of carbonyl (C=O) groups excluding carboxylic acids is 2. The Labute approximate surface area is 108 Å². The van der Waals surface area contributed by atoms with Gasteiger partial charge in [-0.3, -0.25) is 0 Å². The van der Waals surface area contributed by atoms with Gasteiger partial charge < -0.3 is 4.74 Å². The Kier molecular flexibility index (Phi) is 4.94. The second-order valence-electron chi connectivity index (χ2n) is 5.41. The predicted octanol–water partition coefficient (Wildman–Crippen LogP) is 2.76. The van der Waals surface area contributed by atoms with E-state index in [-0.39, 0.29) is 18.0 Å². The van der Waals surface area contributed by atoms with E-state index in [1.54, 1.807) is 6.08 Å². The Balaban J connectivity index is 1.94. The third kappa shape index (κ3) is 3.42. The third-order valence-corrected chi connectivity index (χ3v) is 4.11. The van der Waals surface area contributed by atoms with Crippen molar-refractivity contribution in [3.8, 4) is 0 Å². The summed E-state index contributed by atoms with van der Waals surface area (Å²) in [7, 11) is 0. The van der Waals surface area contributed by atoms with Gasteiger partial charge in [0.2, 0.25) is 6.08 Å². The maximum absolute atomic E-state index is 12.1. The van der Waals surface area contributed by atoms with Gasteiger partial charge in [0.1, 0.15) is 6.10 Å². The van der Waals surface area contributed by atoms with Crippen molar-refractivity contribution in [1.82, 2.24) is 0 Å². The van der Waals surface area contributed by atoms with Gasteiger partial charge in [-0.15, -0.1) is 0 Å². The molecule has 2 fully saturated rings. The van der Waals surface area contributed by atoms with Crippen molar-refractivity contribution in [2.24, 2.45) is 10.9 Å². The van der Waals surface area contributed by atoms with Crippen LogP contribution in [0.4, 0.5) is 0 Å². The molecule has 2 rings (SSSR count). The fourth-order valence-corrected chi connectivity index (χ4v) is 3.10. The maximum Gasteiger partial charge on any atom is 0.332 e. The largest absolute Gasteiger partial charge is 0.461 e. The van der Waals surface area contributed by atoms with Crippen LogP contribution in [0.5, 0.6) is 0 Å². The van der Waals surface area contributed by atoms with Crippen LogP contribution < -0.4 is 0 Å². The number of carbonyl (C=O) groups is 1. The van der Waals surface area contributed by atoms with Crippen LogP contribution in [0.25, 0.3) is 0 Å². The number of nitrogens with zero attached hydrogens (tertiary/aromatic N) is 1. The molecule has 0 radical (unpaired) electrons. The van der Waals surface area contributed by atoms with Crippen LogP contribution in [0.3, 0.4) is 0 Å². The Hall–Kier alpha value is -1.15. The van der Waals surface area contributed by atoms with Gasteiger partial charge in [-0.05, 0) is 44.4 Å². The molecule has 0 aliphatic heterocycles. The number of rotatable bonds is 4. The van der Waals surface area contributed by atoms with E-state index in [1.807, 2.05) is 0 Å². The monoisotopic (exact) mass is 251 g/mol. The van der Waals surface area contributed by atoms with E-state index >= 15 is 0 Å². The van der Waals surface area contributed by atoms with Gasteiger partial charge in [-0.2, -0.15) is 4.99 Å². The van der Waals surface area contributed by atoms with E-state index in [0.29, 0.717) is 0 Å². The Morgan fingerprint density at radius 3 is 2.28 bits per heavy atom. The average molecular weight is 251 g/mol. The molecule has 100 valence electrons. The summed E-state index contributed by atoms with van der Waals surface area (Å²) in [6, 6.07) is -0.608. The topological polar surface area (TPSA) is 55.7 Å². The molecule has 0 heterocycles. The highest BCUT2D eigenvalue weighted by molar-refractivity contribution is 5.77. The molecule has 0 N–H and O–H groups in total. The molecule has 0 aromatic carbocycles. The standard InChI is InChI=1S/C14H21NO3/c16-10-15-13(11-6-2-1-3-7-11)14(17)18-12-8-4-5-9-12/h11-13H,1-9H2/t13-/m0/s1. The molecule has 4 heteroatoms. The minimum atomic E-state index is -0.608. The first-order valence-corrected chi connectivity index (χ1v) is 7.08. The lowest BCUT2D eigenvalue weighted by Gasteiger charge is -2.26. The zero-order valence-electron chi connectivity index (χ0n) is 10.8. The first kappa shape index (κ1) is 13.3. The van der Waals surface area contributed by atoms with E-state index in [0.717, 1.165) is 51.4 Å². The van der Waals surface area contributed by atoms with E-state index < -0.39 is 6.04 Å². The van der Waals surface area contributed by atoms with E-state index in [9.17, 15) is 9.59 Å². The molecule has 0 bridgehead atoms. The highest BCUT2D eigenvalue weighted by atomic mass is 16.5. The van der Waals surface area contributed by atoms with Crippen LogP contribution in [0.2, 0.25) is 0 Å². The summed E-state index contributed by atoms with van der Waals surface area (Å²) >= 11 is 0. The predicted molar refractivity (Wildman–Crippen MR) is 66.8 cm³/mol. The van der Waals surface area contributed by atoms with Crippen LogP contribution in [0.1, 0.15) is 57.8 Å². The number of isocyanates is 1. The van der Waals surface area contributed by atoms with Crippen molar-refractivity contribution in [1.29, 1.82) is 0 Å². The van der Waals surface area contributed by atoms with Crippen molar-refractivity contribution < 1.29 is 14.3 Å². The Morgan fingerprint density at radius 1 is 1.06 bits per heavy atom. The van der Waals surface area contributed by atoms with E-state index in [2.05, 4.69) is 4.99 Å². The highest BCUT2D eigenvalue weighted by Gasteiger charge is 2.32. The van der Waals surface area contributed by atoms with Crippen LogP contribution in [0, 0.1) is 5.92 Å². The summed E-state index contributed by atoms with van der Waals surface area (Å²) in [5.74, 6) is -0.133. The molecule has 0 aromatic heterocycles. The summed E-state index contributed by atoms with van der Waals surface area (Å²) in [4.78, 5) is 26.3. The van der Waals surface area contributed by atoms with Crippen LogP contribution in [-0.2, 0) is 14.3 Å². The van der Waals surface area contributed by atoms with Crippen molar-refractivity contribution in [2.75, 3.05) is 0 Å². The van der Waals surface area contributed by atoms with Gasteiger partial charge in [0.05, 0.1) is 0 Å². The summed E-state index contributed by atoms with van der Waals surface area (Å²) in [5.41, 5.74) is 0. The number of hydrogen-bond acceptors (Lipinski definition) is 4. The summed E-state index contributed by atoms with van der Waals surface area (Å²) in [6.45, 7) is 0. The molecule has 0 aromatic rings. The first-order valence-electron chi connectivity index (χ1n) is 7.08. The average Bonchev–Trinajstić information content (AvgIpc) is 2.89. The Bertz CT molecular complexity index is 324. The van der Waals surface area contributed by atoms with Crippen molar-refractivity contribution in [3.05, 3.63) is 0 Å². The first-order chi connectivity index (χ1) is 8.81. The van der Waals surface area contributed by atoms with Gasteiger partial charge in [-0.25, -0.2) is 9.59 Å². The molecule has 18 heavy (non-hydrogen) atoms. The summed E-state index contributed by atoms with van der Waals surface area (Å²) in [6.07, 6.45) is 11.1. The summed E-state index contributed by atoms with van der Waals surface area (Å²) in [5, 5.41) is 0. The molecule has 4 nitrogen and oxygen atoms in total. The second kappa shape index (κ2) is 6.69. The Morgan fingerprint density at radius 2 is 1.67 bits per heavy atom. The van der Waals surface area contributed by atoms with Crippen molar-refractivity contribution in [3.63, 3.8) is 0 Å². The molecule has 2 aliphatic rings. The maximum atomic E-state index is 12.1. The second-order valence-corrected chi connectivity index (χ2v) is 5.41.